The lowest BCUT2D eigenvalue weighted by Gasteiger charge is -2.31. The number of ether oxygens (including phenoxy) is 1. The molecular formula is C14H17NO. The summed E-state index contributed by atoms with van der Waals surface area (Å²) in [5.41, 5.74) is 0. The summed E-state index contributed by atoms with van der Waals surface area (Å²) in [4.78, 5) is 0. The van der Waals surface area contributed by atoms with Crippen molar-refractivity contribution >= 4 is 0 Å². The van der Waals surface area contributed by atoms with Gasteiger partial charge in [0.1, 0.15) is 11.9 Å². The van der Waals surface area contributed by atoms with E-state index in [1.165, 1.54) is 0 Å². The van der Waals surface area contributed by atoms with Gasteiger partial charge in [-0.3, -0.25) is 0 Å². The lowest BCUT2D eigenvalue weighted by molar-refractivity contribution is 0.0956. The topological polar surface area (TPSA) is 33.0 Å². The Balaban J connectivity index is 2.04. The highest BCUT2D eigenvalue weighted by Gasteiger charge is 2.30. The monoisotopic (exact) mass is 215 g/mol. The summed E-state index contributed by atoms with van der Waals surface area (Å²) >= 11 is 0. The molecule has 16 heavy (non-hydrogen) atoms. The average Bonchev–Trinajstić information content (AvgIpc) is 2.31. The normalized spacial score (nSPS) is 29.4. The third-order valence-corrected chi connectivity index (χ3v) is 3.25. The second kappa shape index (κ2) is 5.03. The zero-order valence-electron chi connectivity index (χ0n) is 9.60. The van der Waals surface area contributed by atoms with Gasteiger partial charge in [0.05, 0.1) is 12.0 Å². The SMILES string of the molecule is CC1CCC(C#N)C(Oc2ccccc2)C1. The number of rotatable bonds is 2. The van der Waals surface area contributed by atoms with Crippen LogP contribution in [0.25, 0.3) is 0 Å². The smallest absolute Gasteiger partial charge is 0.119 e. The van der Waals surface area contributed by atoms with E-state index < -0.39 is 0 Å². The Kier molecular flexibility index (Phi) is 3.46. The maximum absolute atomic E-state index is 9.10. The third kappa shape index (κ3) is 2.55. The van der Waals surface area contributed by atoms with E-state index >= 15 is 0 Å². The number of benzene rings is 1. The zero-order chi connectivity index (χ0) is 11.4. The molecule has 1 aromatic carbocycles. The molecule has 0 N–H and O–H groups in total. The molecule has 0 aromatic heterocycles. The van der Waals surface area contributed by atoms with Crippen molar-refractivity contribution in [1.82, 2.24) is 0 Å². The van der Waals surface area contributed by atoms with Crippen LogP contribution < -0.4 is 4.74 Å². The van der Waals surface area contributed by atoms with Gasteiger partial charge in [-0.05, 0) is 37.3 Å². The molecule has 3 unspecified atom stereocenters. The minimum atomic E-state index is 0.0522. The molecule has 1 fully saturated rings. The maximum atomic E-state index is 9.10. The van der Waals surface area contributed by atoms with Crippen LogP contribution in [0.1, 0.15) is 26.2 Å². The van der Waals surface area contributed by atoms with Crippen LogP contribution in [0.3, 0.4) is 0 Å². The van der Waals surface area contributed by atoms with E-state index in [-0.39, 0.29) is 12.0 Å². The summed E-state index contributed by atoms with van der Waals surface area (Å²) in [7, 11) is 0. The van der Waals surface area contributed by atoms with Gasteiger partial charge in [-0.25, -0.2) is 0 Å². The lowest BCUT2D eigenvalue weighted by Crippen LogP contribution is -2.32. The van der Waals surface area contributed by atoms with E-state index in [9.17, 15) is 0 Å². The molecule has 0 radical (unpaired) electrons. The summed E-state index contributed by atoms with van der Waals surface area (Å²) in [5, 5.41) is 9.10. The molecule has 0 spiro atoms. The van der Waals surface area contributed by atoms with Crippen LogP contribution in [-0.2, 0) is 0 Å². The first-order chi connectivity index (χ1) is 7.79. The van der Waals surface area contributed by atoms with E-state index in [0.29, 0.717) is 5.92 Å². The first-order valence-corrected chi connectivity index (χ1v) is 5.91. The van der Waals surface area contributed by atoms with Crippen LogP contribution >= 0.6 is 0 Å². The van der Waals surface area contributed by atoms with Gasteiger partial charge < -0.3 is 4.74 Å². The van der Waals surface area contributed by atoms with Crippen LogP contribution in [-0.4, -0.2) is 6.10 Å². The standard InChI is InChI=1S/C14H17NO/c1-11-7-8-12(10-15)14(9-11)16-13-5-3-2-4-6-13/h2-6,11-12,14H,7-9H2,1H3. The van der Waals surface area contributed by atoms with Crippen LogP contribution in [0.15, 0.2) is 30.3 Å². The average molecular weight is 215 g/mol. The van der Waals surface area contributed by atoms with Gasteiger partial charge in [-0.2, -0.15) is 5.26 Å². The first-order valence-electron chi connectivity index (χ1n) is 5.91. The summed E-state index contributed by atoms with van der Waals surface area (Å²) in [6.07, 6.45) is 3.17. The van der Waals surface area contributed by atoms with E-state index in [2.05, 4.69) is 13.0 Å². The van der Waals surface area contributed by atoms with Crippen molar-refractivity contribution in [1.29, 1.82) is 5.26 Å². The molecule has 0 aliphatic heterocycles. The van der Waals surface area contributed by atoms with Crippen molar-refractivity contribution in [2.45, 2.75) is 32.3 Å². The highest BCUT2D eigenvalue weighted by atomic mass is 16.5. The number of hydrogen-bond acceptors (Lipinski definition) is 2. The van der Waals surface area contributed by atoms with Gasteiger partial charge in [0.25, 0.3) is 0 Å². The van der Waals surface area contributed by atoms with Crippen molar-refractivity contribution in [2.75, 3.05) is 0 Å². The molecule has 1 saturated carbocycles. The molecular weight excluding hydrogens is 198 g/mol. The maximum Gasteiger partial charge on any atom is 0.119 e. The van der Waals surface area contributed by atoms with E-state index in [1.807, 2.05) is 30.3 Å². The van der Waals surface area contributed by atoms with E-state index in [1.54, 1.807) is 0 Å². The predicted octanol–water partition coefficient (Wildman–Crippen LogP) is 3.39. The molecule has 1 aliphatic rings. The number of nitriles is 1. The molecule has 3 atom stereocenters. The molecule has 2 heteroatoms. The van der Waals surface area contributed by atoms with Gasteiger partial charge in [0.15, 0.2) is 0 Å². The molecule has 0 amide bonds. The summed E-state index contributed by atoms with van der Waals surface area (Å²) in [6, 6.07) is 12.2. The lowest BCUT2D eigenvalue weighted by atomic mass is 9.81. The Labute approximate surface area is 96.9 Å². The van der Waals surface area contributed by atoms with Crippen LogP contribution in [0.4, 0.5) is 0 Å². The Morgan fingerprint density at radius 2 is 2.00 bits per heavy atom. The number of para-hydroxylation sites is 1. The highest BCUT2D eigenvalue weighted by Crippen LogP contribution is 2.31. The van der Waals surface area contributed by atoms with Crippen molar-refractivity contribution in [3.05, 3.63) is 30.3 Å². The molecule has 0 bridgehead atoms. The molecule has 2 nitrogen and oxygen atoms in total. The van der Waals surface area contributed by atoms with Crippen LogP contribution in [0.5, 0.6) is 5.75 Å². The van der Waals surface area contributed by atoms with Crippen molar-refractivity contribution in [2.24, 2.45) is 11.8 Å². The summed E-state index contributed by atoms with van der Waals surface area (Å²) in [5.74, 6) is 1.59. The minimum absolute atomic E-state index is 0.0522. The number of nitrogens with zero attached hydrogens (tertiary/aromatic N) is 1. The molecule has 84 valence electrons. The van der Waals surface area contributed by atoms with Gasteiger partial charge >= 0.3 is 0 Å². The summed E-state index contributed by atoms with van der Waals surface area (Å²) in [6.45, 7) is 2.23. The fourth-order valence-corrected chi connectivity index (χ4v) is 2.28. The minimum Gasteiger partial charge on any atom is -0.489 e. The molecule has 1 aromatic rings. The fraction of sp³-hybridized carbons (Fsp3) is 0.500. The largest absolute Gasteiger partial charge is 0.489 e. The van der Waals surface area contributed by atoms with Crippen LogP contribution in [0.2, 0.25) is 0 Å². The van der Waals surface area contributed by atoms with Gasteiger partial charge in [-0.1, -0.05) is 25.1 Å². The van der Waals surface area contributed by atoms with E-state index in [4.69, 9.17) is 10.00 Å². The fourth-order valence-electron chi connectivity index (χ4n) is 2.28. The van der Waals surface area contributed by atoms with Crippen LogP contribution in [0, 0.1) is 23.2 Å². The summed E-state index contributed by atoms with van der Waals surface area (Å²) < 4.78 is 5.91. The third-order valence-electron chi connectivity index (χ3n) is 3.25. The Morgan fingerprint density at radius 1 is 1.25 bits per heavy atom. The van der Waals surface area contributed by atoms with Crippen molar-refractivity contribution < 1.29 is 4.74 Å². The molecule has 1 aliphatic carbocycles. The second-order valence-corrected chi connectivity index (χ2v) is 4.62. The van der Waals surface area contributed by atoms with E-state index in [0.717, 1.165) is 25.0 Å². The second-order valence-electron chi connectivity index (χ2n) is 4.62. The first kappa shape index (κ1) is 11.0. The molecule has 0 saturated heterocycles. The Hall–Kier alpha value is -1.49. The predicted molar refractivity (Wildman–Crippen MR) is 63.0 cm³/mol. The Bertz CT molecular complexity index is 368. The quantitative estimate of drug-likeness (QED) is 0.757. The highest BCUT2D eigenvalue weighted by molar-refractivity contribution is 5.21. The van der Waals surface area contributed by atoms with Gasteiger partial charge in [0, 0.05) is 0 Å². The van der Waals surface area contributed by atoms with Gasteiger partial charge in [-0.15, -0.1) is 0 Å². The molecule has 2 rings (SSSR count). The molecule has 0 heterocycles. The zero-order valence-corrected chi connectivity index (χ0v) is 9.60. The number of hydrogen-bond donors (Lipinski definition) is 0. The van der Waals surface area contributed by atoms with Crippen molar-refractivity contribution in [3.8, 4) is 11.8 Å². The Morgan fingerprint density at radius 3 is 2.69 bits per heavy atom. The van der Waals surface area contributed by atoms with Crippen molar-refractivity contribution in [3.63, 3.8) is 0 Å². The van der Waals surface area contributed by atoms with Gasteiger partial charge in [0.2, 0.25) is 0 Å².